The van der Waals surface area contributed by atoms with E-state index in [-0.39, 0.29) is 5.96 Å². The van der Waals surface area contributed by atoms with Crippen molar-refractivity contribution in [3.63, 3.8) is 0 Å². The van der Waals surface area contributed by atoms with Gasteiger partial charge >= 0.3 is 0 Å². The second-order valence-corrected chi connectivity index (χ2v) is 8.41. The van der Waals surface area contributed by atoms with Gasteiger partial charge in [0.25, 0.3) is 0 Å². The lowest BCUT2D eigenvalue weighted by molar-refractivity contribution is 0.305. The van der Waals surface area contributed by atoms with E-state index < -0.39 is 5.66 Å². The number of nitrogens with two attached hydrogens (primary N) is 2. The van der Waals surface area contributed by atoms with E-state index in [1.807, 2.05) is 29.2 Å². The molecule has 1 fully saturated rings. The van der Waals surface area contributed by atoms with Gasteiger partial charge in [0, 0.05) is 28.1 Å². The van der Waals surface area contributed by atoms with E-state index in [0.717, 1.165) is 58.3 Å². The van der Waals surface area contributed by atoms with Gasteiger partial charge in [0.1, 0.15) is 11.5 Å². The van der Waals surface area contributed by atoms with Crippen molar-refractivity contribution in [2.24, 2.45) is 21.5 Å². The molecular formula is C20H21BrN8. The lowest BCUT2D eigenvalue weighted by atomic mass is 9.87. The molecular weight excluding hydrogens is 432 g/mol. The number of hydrogen-bond acceptors (Lipinski definition) is 7. The molecule has 5 rings (SSSR count). The monoisotopic (exact) mass is 452 g/mol. The number of benzene rings is 1. The number of fused-ring (bicyclic) bond motifs is 1. The molecule has 0 bridgehead atoms. The number of aliphatic imine (C=N–C) groups is 2. The Kier molecular flexibility index (Phi) is 4.27. The van der Waals surface area contributed by atoms with Crippen LogP contribution in [0.25, 0.3) is 22.4 Å². The molecule has 0 amide bonds. The number of guanidine groups is 2. The number of nitrogens with zero attached hydrogens (tertiary/aromatic N) is 5. The zero-order valence-corrected chi connectivity index (χ0v) is 17.4. The highest BCUT2D eigenvalue weighted by Crippen LogP contribution is 2.40. The maximum absolute atomic E-state index is 6.34. The summed E-state index contributed by atoms with van der Waals surface area (Å²) < 4.78 is 0.906. The molecule has 0 atom stereocenters. The molecule has 148 valence electrons. The van der Waals surface area contributed by atoms with Gasteiger partial charge < -0.3 is 16.5 Å². The van der Waals surface area contributed by atoms with Gasteiger partial charge in [-0.15, -0.1) is 0 Å². The Morgan fingerprint density at radius 2 is 1.90 bits per heavy atom. The zero-order chi connectivity index (χ0) is 20.0. The second-order valence-electron chi connectivity index (χ2n) is 7.50. The predicted octanol–water partition coefficient (Wildman–Crippen LogP) is 3.50. The number of nitrogens with one attached hydrogen (secondary N) is 1. The number of imidazole rings is 1. The van der Waals surface area contributed by atoms with Crippen LogP contribution in [-0.4, -0.2) is 32.5 Å². The largest absolute Gasteiger partial charge is 0.369 e. The minimum Gasteiger partial charge on any atom is -0.369 e. The third-order valence-electron chi connectivity index (χ3n) is 5.55. The van der Waals surface area contributed by atoms with Crippen LogP contribution in [-0.2, 0) is 0 Å². The number of pyridine rings is 1. The molecule has 29 heavy (non-hydrogen) atoms. The van der Waals surface area contributed by atoms with Gasteiger partial charge in [0.15, 0.2) is 0 Å². The van der Waals surface area contributed by atoms with Crippen LogP contribution in [0.4, 0.5) is 5.69 Å². The third kappa shape index (κ3) is 3.15. The first kappa shape index (κ1) is 18.1. The molecule has 1 aromatic carbocycles. The summed E-state index contributed by atoms with van der Waals surface area (Å²) in [6.45, 7) is 0. The Labute approximate surface area is 176 Å². The topological polar surface area (TPSA) is 122 Å². The lowest BCUT2D eigenvalue weighted by Crippen LogP contribution is -2.58. The fourth-order valence-corrected chi connectivity index (χ4v) is 4.67. The van der Waals surface area contributed by atoms with Gasteiger partial charge in [-0.3, -0.25) is 9.88 Å². The number of anilines is 1. The van der Waals surface area contributed by atoms with E-state index in [1.54, 1.807) is 12.4 Å². The Balaban J connectivity index is 1.58. The summed E-state index contributed by atoms with van der Waals surface area (Å²) in [6, 6.07) is 8.03. The molecule has 0 saturated heterocycles. The molecule has 3 aromatic rings. The fraction of sp³-hybridized carbons (Fsp3) is 0.300. The summed E-state index contributed by atoms with van der Waals surface area (Å²) in [5.74, 6) is 1.41. The first-order valence-electron chi connectivity index (χ1n) is 9.65. The van der Waals surface area contributed by atoms with Crippen LogP contribution in [0.5, 0.6) is 0 Å². The van der Waals surface area contributed by atoms with Crippen LogP contribution in [0.2, 0.25) is 0 Å². The van der Waals surface area contributed by atoms with Crippen LogP contribution in [0.15, 0.2) is 51.1 Å². The van der Waals surface area contributed by atoms with Crippen molar-refractivity contribution in [2.45, 2.75) is 37.8 Å². The van der Waals surface area contributed by atoms with Crippen molar-refractivity contribution in [3.05, 3.63) is 41.1 Å². The number of H-pyrrole nitrogens is 1. The predicted molar refractivity (Wildman–Crippen MR) is 119 cm³/mol. The van der Waals surface area contributed by atoms with E-state index in [0.29, 0.717) is 5.96 Å². The third-order valence-corrected chi connectivity index (χ3v) is 5.99. The summed E-state index contributed by atoms with van der Waals surface area (Å²) >= 11 is 3.46. The average molecular weight is 453 g/mol. The molecule has 3 heterocycles. The standard InChI is InChI=1S/C20H21BrN8/c21-13-8-12(10-24-11-13)17-25-15-5-4-14(9-16(15)26-17)29-19(23)27-18(22)28-20(29)6-2-1-3-7-20/h4-5,8-11H,1-3,6-7H2,(H,25,26)(H4,22,23,27,28). The Bertz CT molecular complexity index is 1140. The quantitative estimate of drug-likeness (QED) is 0.548. The van der Waals surface area contributed by atoms with Crippen molar-refractivity contribution in [1.82, 2.24) is 15.0 Å². The van der Waals surface area contributed by atoms with Crippen LogP contribution in [0, 0.1) is 0 Å². The molecule has 1 spiro atoms. The van der Waals surface area contributed by atoms with E-state index >= 15 is 0 Å². The first-order valence-corrected chi connectivity index (χ1v) is 10.4. The Hall–Kier alpha value is -2.94. The van der Waals surface area contributed by atoms with Crippen LogP contribution in [0.3, 0.4) is 0 Å². The van der Waals surface area contributed by atoms with Gasteiger partial charge in [-0.1, -0.05) is 6.42 Å². The number of hydrogen-bond donors (Lipinski definition) is 3. The zero-order valence-electron chi connectivity index (χ0n) is 15.8. The second kappa shape index (κ2) is 6.84. The van der Waals surface area contributed by atoms with E-state index in [4.69, 9.17) is 21.4 Å². The summed E-state index contributed by atoms with van der Waals surface area (Å²) in [7, 11) is 0. The van der Waals surface area contributed by atoms with E-state index in [2.05, 4.69) is 30.9 Å². The first-order chi connectivity index (χ1) is 14.0. The number of halogens is 1. The maximum Gasteiger partial charge on any atom is 0.220 e. The minimum absolute atomic E-state index is 0.257. The highest BCUT2D eigenvalue weighted by molar-refractivity contribution is 9.10. The summed E-state index contributed by atoms with van der Waals surface area (Å²) in [5, 5.41) is 0. The Morgan fingerprint density at radius 3 is 2.69 bits per heavy atom. The van der Waals surface area contributed by atoms with Crippen molar-refractivity contribution in [2.75, 3.05) is 4.90 Å². The highest BCUT2D eigenvalue weighted by atomic mass is 79.9. The van der Waals surface area contributed by atoms with E-state index in [1.165, 1.54) is 6.42 Å². The van der Waals surface area contributed by atoms with Gasteiger partial charge in [-0.2, -0.15) is 4.99 Å². The van der Waals surface area contributed by atoms with Crippen LogP contribution >= 0.6 is 15.9 Å². The molecule has 8 nitrogen and oxygen atoms in total. The van der Waals surface area contributed by atoms with Gasteiger partial charge in [-0.05, 0) is 65.9 Å². The molecule has 0 radical (unpaired) electrons. The molecule has 2 aromatic heterocycles. The normalized spacial score (nSPS) is 18.7. The van der Waals surface area contributed by atoms with Crippen molar-refractivity contribution < 1.29 is 0 Å². The fourth-order valence-electron chi connectivity index (χ4n) is 4.31. The number of aromatic nitrogens is 3. The van der Waals surface area contributed by atoms with Crippen LogP contribution < -0.4 is 16.4 Å². The summed E-state index contributed by atoms with van der Waals surface area (Å²) in [5.41, 5.74) is 15.5. The molecule has 2 aliphatic rings. The molecule has 1 aliphatic heterocycles. The summed E-state index contributed by atoms with van der Waals surface area (Å²) in [4.78, 5) is 23.3. The summed E-state index contributed by atoms with van der Waals surface area (Å²) in [6.07, 6.45) is 8.72. The molecule has 1 aliphatic carbocycles. The highest BCUT2D eigenvalue weighted by Gasteiger charge is 2.42. The van der Waals surface area contributed by atoms with Crippen molar-refractivity contribution in [3.8, 4) is 11.4 Å². The minimum atomic E-state index is -0.459. The van der Waals surface area contributed by atoms with Gasteiger partial charge in [0.05, 0.1) is 11.0 Å². The number of aromatic amines is 1. The molecule has 0 unspecified atom stereocenters. The van der Waals surface area contributed by atoms with Gasteiger partial charge in [-0.25, -0.2) is 9.98 Å². The lowest BCUT2D eigenvalue weighted by Gasteiger charge is -2.45. The smallest absolute Gasteiger partial charge is 0.220 e. The number of rotatable bonds is 2. The van der Waals surface area contributed by atoms with Crippen molar-refractivity contribution in [1.29, 1.82) is 0 Å². The average Bonchev–Trinajstić information content (AvgIpc) is 3.11. The van der Waals surface area contributed by atoms with Crippen molar-refractivity contribution >= 4 is 44.6 Å². The Morgan fingerprint density at radius 1 is 1.07 bits per heavy atom. The molecule has 5 N–H and O–H groups in total. The van der Waals surface area contributed by atoms with E-state index in [9.17, 15) is 0 Å². The van der Waals surface area contributed by atoms with Crippen LogP contribution in [0.1, 0.15) is 32.1 Å². The SMILES string of the molecule is NC1=NC2(CCCCC2)N(c2ccc3nc(-c4cncc(Br)c4)[nH]c3c2)C(N)=N1. The molecule has 1 saturated carbocycles. The van der Waals surface area contributed by atoms with Gasteiger partial charge in [0.2, 0.25) is 11.9 Å². The molecule has 9 heteroatoms. The maximum atomic E-state index is 6.34.